The lowest BCUT2D eigenvalue weighted by Crippen LogP contribution is -2.33. The van der Waals surface area contributed by atoms with Gasteiger partial charge in [0.25, 0.3) is 0 Å². The first kappa shape index (κ1) is 45.2. The number of carbonyl (C=O) groups is 2. The van der Waals surface area contributed by atoms with Crippen LogP contribution in [0.15, 0.2) is 97.4 Å². The third kappa shape index (κ3) is 18.9. The van der Waals surface area contributed by atoms with Crippen LogP contribution in [0, 0.1) is 0 Å². The molecule has 0 aliphatic rings. The highest BCUT2D eigenvalue weighted by atomic mass is 16.5. The predicted octanol–water partition coefficient (Wildman–Crippen LogP) is 8.99. The van der Waals surface area contributed by atoms with E-state index in [2.05, 4.69) is 120 Å². The number of hydrogen-bond donors (Lipinski definition) is 4. The number of benzene rings is 1. The highest BCUT2D eigenvalue weighted by Gasteiger charge is 2.18. The Morgan fingerprint density at radius 2 is 1.46 bits per heavy atom. The van der Waals surface area contributed by atoms with E-state index in [0.717, 1.165) is 56.2 Å². The molecule has 12 heteroatoms. The molecule has 3 aromatic rings. The normalized spacial score (nSPS) is 12.6. The maximum absolute atomic E-state index is 12.4. The van der Waals surface area contributed by atoms with E-state index in [1.165, 1.54) is 0 Å². The molecule has 0 radical (unpaired) electrons. The van der Waals surface area contributed by atoms with Crippen LogP contribution in [-0.2, 0) is 20.8 Å². The van der Waals surface area contributed by atoms with Gasteiger partial charge < -0.3 is 35.3 Å². The first-order valence-corrected chi connectivity index (χ1v) is 20.2. The molecule has 0 aliphatic carbocycles. The van der Waals surface area contributed by atoms with Crippen molar-refractivity contribution in [3.63, 3.8) is 0 Å². The highest BCUT2D eigenvalue weighted by Crippen LogP contribution is 2.24. The molecule has 0 saturated carbocycles. The summed E-state index contributed by atoms with van der Waals surface area (Å²) in [6.45, 7) is 10.4. The van der Waals surface area contributed by atoms with E-state index in [0.29, 0.717) is 63.0 Å². The topological polar surface area (TPSA) is 144 Å². The Hall–Kier alpha value is -5.23. The van der Waals surface area contributed by atoms with Gasteiger partial charge in [0.05, 0.1) is 25.6 Å². The minimum absolute atomic E-state index is 0.0114. The summed E-state index contributed by atoms with van der Waals surface area (Å²) < 4.78 is 13.0. The maximum Gasteiger partial charge on any atom is 0.407 e. The average Bonchev–Trinajstić information content (AvgIpc) is 3.64. The highest BCUT2D eigenvalue weighted by molar-refractivity contribution is 5.84. The van der Waals surface area contributed by atoms with Gasteiger partial charge in [0.2, 0.25) is 11.9 Å². The van der Waals surface area contributed by atoms with Crippen molar-refractivity contribution in [1.82, 2.24) is 30.2 Å². The van der Waals surface area contributed by atoms with Crippen molar-refractivity contribution in [2.24, 2.45) is 0 Å². The van der Waals surface area contributed by atoms with Gasteiger partial charge in [0.1, 0.15) is 6.61 Å². The Balaban J connectivity index is 1.23. The average molecular weight is 769 g/mol. The van der Waals surface area contributed by atoms with E-state index >= 15 is 0 Å². The quantitative estimate of drug-likeness (QED) is 0.0420. The van der Waals surface area contributed by atoms with Crippen LogP contribution in [0.2, 0.25) is 0 Å². The number of allylic oxidation sites excluding steroid dienone is 10. The van der Waals surface area contributed by atoms with Crippen LogP contribution in [0.25, 0.3) is 11.2 Å². The van der Waals surface area contributed by atoms with E-state index in [-0.39, 0.29) is 24.6 Å². The molecule has 1 atom stereocenters. The number of imidazole rings is 1. The van der Waals surface area contributed by atoms with E-state index in [1.807, 2.05) is 29.7 Å². The second kappa shape index (κ2) is 28.2. The number of carbonyl (C=O) groups excluding carboxylic acids is 2. The van der Waals surface area contributed by atoms with Gasteiger partial charge in [-0.15, -0.1) is 0 Å². The summed E-state index contributed by atoms with van der Waals surface area (Å²) in [6, 6.07) is 10.1. The second-order valence-electron chi connectivity index (χ2n) is 13.5. The molecule has 2 heterocycles. The number of hydrogen-bond acceptors (Lipinski definition) is 9. The molecule has 3 rings (SSSR count). The van der Waals surface area contributed by atoms with Crippen molar-refractivity contribution >= 4 is 34.9 Å². The number of nitrogens with one attached hydrogen (secondary N) is 4. The van der Waals surface area contributed by atoms with Crippen LogP contribution >= 0.6 is 0 Å². The minimum atomic E-state index is -0.533. The lowest BCUT2D eigenvalue weighted by Gasteiger charge is -2.18. The van der Waals surface area contributed by atoms with E-state index in [1.54, 1.807) is 6.33 Å². The lowest BCUT2D eigenvalue weighted by molar-refractivity contribution is -0.121. The van der Waals surface area contributed by atoms with Crippen LogP contribution in [0.5, 0.6) is 0 Å². The molecule has 1 aromatic carbocycles. The van der Waals surface area contributed by atoms with E-state index in [9.17, 15) is 9.59 Å². The molecule has 0 bridgehead atoms. The van der Waals surface area contributed by atoms with Crippen molar-refractivity contribution in [3.8, 4) is 0 Å². The van der Waals surface area contributed by atoms with Crippen molar-refractivity contribution in [2.75, 3.05) is 43.5 Å². The van der Waals surface area contributed by atoms with Crippen LogP contribution in [0.3, 0.4) is 0 Å². The molecule has 4 N–H and O–H groups in total. The zero-order valence-electron chi connectivity index (χ0n) is 33.9. The molecular formula is C44H64N8O4. The maximum atomic E-state index is 12.4. The van der Waals surface area contributed by atoms with Crippen molar-refractivity contribution in [1.29, 1.82) is 0 Å². The number of fused-ring (bicyclic) bond motifs is 1. The fourth-order valence-electron chi connectivity index (χ4n) is 5.36. The Morgan fingerprint density at radius 3 is 2.11 bits per heavy atom. The summed E-state index contributed by atoms with van der Waals surface area (Å²) in [6.07, 6.45) is 30.8. The predicted molar refractivity (Wildman–Crippen MR) is 229 cm³/mol. The molecule has 0 fully saturated rings. The van der Waals surface area contributed by atoms with Gasteiger partial charge in [-0.3, -0.25) is 4.79 Å². The number of unbranched alkanes of at least 4 members (excludes halogenated alkanes) is 1. The van der Waals surface area contributed by atoms with Gasteiger partial charge in [-0.25, -0.2) is 9.78 Å². The van der Waals surface area contributed by atoms with Gasteiger partial charge in [0, 0.05) is 32.1 Å². The van der Waals surface area contributed by atoms with Crippen LogP contribution in [-0.4, -0.2) is 70.5 Å². The molecule has 0 aliphatic heterocycles. The molecule has 12 nitrogen and oxygen atoms in total. The monoisotopic (exact) mass is 769 g/mol. The first-order chi connectivity index (χ1) is 27.4. The number of anilines is 2. The van der Waals surface area contributed by atoms with Crippen molar-refractivity contribution in [3.05, 3.63) is 103 Å². The Morgan fingerprint density at radius 1 is 0.821 bits per heavy atom. The zero-order chi connectivity index (χ0) is 40.1. The summed E-state index contributed by atoms with van der Waals surface area (Å²) in [7, 11) is 0. The zero-order valence-corrected chi connectivity index (χ0v) is 33.9. The van der Waals surface area contributed by atoms with Crippen LogP contribution in [0.1, 0.15) is 97.1 Å². The molecule has 2 amide bonds. The molecule has 2 aromatic heterocycles. The summed E-state index contributed by atoms with van der Waals surface area (Å²) in [5.41, 5.74) is 2.54. The van der Waals surface area contributed by atoms with E-state index < -0.39 is 6.09 Å². The standard InChI is InChI=1S/C44H64N8O4/c1-5-7-8-9-10-11-12-13-14-15-16-17-18-19-20-21-25-28-39(53)45-29-31-55-32-30-46-44(54)56-34-38(6-2)49-43-50-41(47-33-37-26-23-22-24-27-37)40-42(51-43)52(35-48-40)36(3)4/h7-8,10-11,13-14,16-17,19-20,22-24,26-27,35-36,38H,5-6,9,12,15,18,21,25,28-34H2,1-4H3,(H,45,53)(H,46,54)(H2,47,49,50,51). The molecular weight excluding hydrogens is 705 g/mol. The molecule has 1 unspecified atom stereocenters. The number of nitrogens with zero attached hydrogens (tertiary/aromatic N) is 4. The summed E-state index contributed by atoms with van der Waals surface area (Å²) in [4.78, 5) is 38.6. The largest absolute Gasteiger partial charge is 0.447 e. The molecule has 0 spiro atoms. The fourth-order valence-corrected chi connectivity index (χ4v) is 5.36. The van der Waals surface area contributed by atoms with Gasteiger partial charge in [-0.1, -0.05) is 105 Å². The Labute approximate surface area is 334 Å². The smallest absolute Gasteiger partial charge is 0.407 e. The fraction of sp³-hybridized carbons (Fsp3) is 0.477. The lowest BCUT2D eigenvalue weighted by atomic mass is 10.2. The summed E-state index contributed by atoms with van der Waals surface area (Å²) in [5, 5.41) is 12.3. The summed E-state index contributed by atoms with van der Waals surface area (Å²) >= 11 is 0. The SMILES string of the molecule is CCC=CCC=CCC=CCC=CCC=CCCCC(=O)NCCOCCNC(=O)OCC(CC)Nc1nc(NCc2ccccc2)c2ncn(C(C)C)c2n1. The van der Waals surface area contributed by atoms with Crippen LogP contribution < -0.4 is 21.3 Å². The number of ether oxygens (including phenoxy) is 2. The number of amides is 2. The molecule has 304 valence electrons. The second-order valence-corrected chi connectivity index (χ2v) is 13.5. The van der Waals surface area contributed by atoms with Gasteiger partial charge in [0.15, 0.2) is 17.0 Å². The van der Waals surface area contributed by atoms with Crippen molar-refractivity contribution in [2.45, 2.75) is 104 Å². The number of rotatable bonds is 28. The number of alkyl carbamates (subject to hydrolysis) is 1. The van der Waals surface area contributed by atoms with Gasteiger partial charge in [-0.05, 0) is 70.8 Å². The first-order valence-electron chi connectivity index (χ1n) is 20.2. The van der Waals surface area contributed by atoms with E-state index in [4.69, 9.17) is 19.4 Å². The van der Waals surface area contributed by atoms with Gasteiger partial charge >= 0.3 is 6.09 Å². The Bertz CT molecular complexity index is 1700. The molecule has 0 saturated heterocycles. The van der Waals surface area contributed by atoms with Crippen molar-refractivity contribution < 1.29 is 19.1 Å². The third-order valence-corrected chi connectivity index (χ3v) is 8.54. The third-order valence-electron chi connectivity index (χ3n) is 8.54. The Kier molecular flexibility index (Phi) is 22.8. The minimum Gasteiger partial charge on any atom is -0.447 e. The van der Waals surface area contributed by atoms with Crippen LogP contribution in [0.4, 0.5) is 16.6 Å². The molecule has 56 heavy (non-hydrogen) atoms. The summed E-state index contributed by atoms with van der Waals surface area (Å²) in [5.74, 6) is 1.07. The number of aromatic nitrogens is 4. The van der Waals surface area contributed by atoms with Gasteiger partial charge in [-0.2, -0.15) is 9.97 Å².